The lowest BCUT2D eigenvalue weighted by atomic mass is 10.0. The lowest BCUT2D eigenvalue weighted by molar-refractivity contribution is -0.132. The summed E-state index contributed by atoms with van der Waals surface area (Å²) < 4.78 is 26.9. The fraction of sp³-hybridized carbons (Fsp3) is 0.345. The minimum absolute atomic E-state index is 0.0435. The molecule has 11 heteroatoms. The average Bonchev–Trinajstić information content (AvgIpc) is 3.38. The van der Waals surface area contributed by atoms with Crippen LogP contribution in [0, 0.1) is 5.82 Å². The molecule has 0 spiro atoms. The molecule has 7 nitrogen and oxygen atoms in total. The van der Waals surface area contributed by atoms with Crippen molar-refractivity contribution in [3.8, 4) is 11.3 Å². The number of halogens is 3. The minimum Gasteiger partial charge on any atom is -0.478 e. The topological polar surface area (TPSA) is 97.8 Å². The van der Waals surface area contributed by atoms with Gasteiger partial charge in [-0.1, -0.05) is 42.3 Å². The number of aromatic nitrogens is 1. The first kappa shape index (κ1) is 31.7. The second kappa shape index (κ2) is 15.3. The maximum Gasteiger partial charge on any atom is 0.331 e. The predicted octanol–water partition coefficient (Wildman–Crippen LogP) is 8.28. The molecule has 0 bridgehead atoms. The van der Waals surface area contributed by atoms with Gasteiger partial charge in [-0.2, -0.15) is 0 Å². The van der Waals surface area contributed by atoms with Crippen molar-refractivity contribution in [1.82, 2.24) is 4.98 Å². The van der Waals surface area contributed by atoms with E-state index in [0.29, 0.717) is 48.6 Å². The van der Waals surface area contributed by atoms with E-state index in [4.69, 9.17) is 37.8 Å². The van der Waals surface area contributed by atoms with E-state index >= 15 is 4.39 Å². The normalized spacial score (nSPS) is 12.4. The highest BCUT2D eigenvalue weighted by Gasteiger charge is 2.20. The first-order chi connectivity index (χ1) is 19.2. The Kier molecular flexibility index (Phi) is 12.1. The van der Waals surface area contributed by atoms with Crippen molar-refractivity contribution in [2.24, 2.45) is 0 Å². The molecule has 3 rings (SSSR count). The van der Waals surface area contributed by atoms with Gasteiger partial charge in [-0.05, 0) is 57.4 Å². The van der Waals surface area contributed by atoms with Crippen molar-refractivity contribution in [2.75, 3.05) is 25.1 Å². The summed E-state index contributed by atoms with van der Waals surface area (Å²) in [4.78, 5) is 28.4. The highest BCUT2D eigenvalue weighted by molar-refractivity contribution is 7.14. The zero-order valence-corrected chi connectivity index (χ0v) is 24.8. The number of hydrogen-bond donors (Lipinski definition) is 2. The SMILES string of the molecule is CCOCCCCOC(CC)c1cccc(-c2csc(NC(=O)c3cc(Cl)c(C=C(C)C(=O)O)c(Cl)c3)n2)c1F. The molecular formula is C29H31Cl2FN2O5S. The van der Waals surface area contributed by atoms with Crippen LogP contribution in [0.25, 0.3) is 17.3 Å². The van der Waals surface area contributed by atoms with E-state index in [-0.39, 0.29) is 26.3 Å². The van der Waals surface area contributed by atoms with Gasteiger partial charge in [-0.25, -0.2) is 14.2 Å². The summed E-state index contributed by atoms with van der Waals surface area (Å²) in [6.07, 6.45) is 3.26. The smallest absolute Gasteiger partial charge is 0.331 e. The van der Waals surface area contributed by atoms with E-state index in [9.17, 15) is 9.59 Å². The number of carboxylic acids is 1. The number of unbranched alkanes of at least 4 members (excludes halogenated alkanes) is 1. The predicted molar refractivity (Wildman–Crippen MR) is 158 cm³/mol. The Balaban J connectivity index is 1.73. The summed E-state index contributed by atoms with van der Waals surface area (Å²) in [5.41, 5.74) is 1.65. The third kappa shape index (κ3) is 8.34. The first-order valence-corrected chi connectivity index (χ1v) is 14.4. The molecule has 214 valence electrons. The molecule has 1 heterocycles. The van der Waals surface area contributed by atoms with E-state index in [1.807, 2.05) is 13.8 Å². The van der Waals surface area contributed by atoms with Crippen LogP contribution in [0.15, 0.2) is 41.3 Å². The van der Waals surface area contributed by atoms with Crippen LogP contribution in [0.2, 0.25) is 10.0 Å². The van der Waals surface area contributed by atoms with Crippen molar-refractivity contribution >= 4 is 57.6 Å². The standard InChI is InChI=1S/C29H31Cl2FN2O5S/c1-4-25(39-12-7-6-11-38-5-2)20-10-8-9-19(26(20)32)24-16-40-29(33-24)34-27(35)18-14-22(30)21(23(31)15-18)13-17(3)28(36)37/h8-10,13-16,25H,4-7,11-12H2,1-3H3,(H,36,37)(H,33,34,35). The largest absolute Gasteiger partial charge is 0.478 e. The van der Waals surface area contributed by atoms with Crippen LogP contribution < -0.4 is 5.32 Å². The number of hydrogen-bond acceptors (Lipinski definition) is 6. The summed E-state index contributed by atoms with van der Waals surface area (Å²) in [6.45, 7) is 7.18. The van der Waals surface area contributed by atoms with Gasteiger partial charge in [0.15, 0.2) is 5.13 Å². The van der Waals surface area contributed by atoms with Crippen LogP contribution in [-0.2, 0) is 14.3 Å². The monoisotopic (exact) mass is 608 g/mol. The van der Waals surface area contributed by atoms with Crippen molar-refractivity contribution in [2.45, 2.75) is 46.1 Å². The molecule has 1 aromatic heterocycles. The fourth-order valence-electron chi connectivity index (χ4n) is 3.86. The molecule has 1 unspecified atom stereocenters. The maximum atomic E-state index is 15.6. The number of carbonyl (C=O) groups excluding carboxylic acids is 1. The molecule has 2 aromatic carbocycles. The lowest BCUT2D eigenvalue weighted by Gasteiger charge is -2.18. The van der Waals surface area contributed by atoms with Crippen molar-refractivity contribution in [3.05, 3.63) is 73.8 Å². The van der Waals surface area contributed by atoms with E-state index < -0.39 is 23.8 Å². The van der Waals surface area contributed by atoms with E-state index in [0.717, 1.165) is 24.2 Å². The Morgan fingerprint density at radius 3 is 2.52 bits per heavy atom. The molecule has 2 N–H and O–H groups in total. The molecular weight excluding hydrogens is 578 g/mol. The lowest BCUT2D eigenvalue weighted by Crippen LogP contribution is -2.12. The van der Waals surface area contributed by atoms with Gasteiger partial charge in [0.1, 0.15) is 5.82 Å². The van der Waals surface area contributed by atoms with Crippen LogP contribution in [0.3, 0.4) is 0 Å². The Hall–Kier alpha value is -2.82. The number of aliphatic carboxylic acids is 1. The zero-order valence-electron chi connectivity index (χ0n) is 22.4. The molecule has 40 heavy (non-hydrogen) atoms. The van der Waals surface area contributed by atoms with E-state index in [1.165, 1.54) is 25.1 Å². The Morgan fingerprint density at radius 1 is 1.18 bits per heavy atom. The van der Waals surface area contributed by atoms with Gasteiger partial charge in [0.25, 0.3) is 5.91 Å². The van der Waals surface area contributed by atoms with Gasteiger partial charge in [-0.3, -0.25) is 10.1 Å². The molecule has 0 saturated heterocycles. The van der Waals surface area contributed by atoms with Crippen LogP contribution in [0.5, 0.6) is 0 Å². The molecule has 0 aliphatic heterocycles. The number of amides is 1. The summed E-state index contributed by atoms with van der Waals surface area (Å²) >= 11 is 13.7. The number of carboxylic acid groups (broad SMARTS) is 1. The quantitative estimate of drug-likeness (QED) is 0.141. The summed E-state index contributed by atoms with van der Waals surface area (Å²) in [6, 6.07) is 7.90. The molecule has 0 aliphatic rings. The second-order valence-electron chi connectivity index (χ2n) is 8.86. The molecule has 0 saturated carbocycles. The molecule has 3 aromatic rings. The maximum absolute atomic E-state index is 15.6. The number of carbonyl (C=O) groups is 2. The first-order valence-electron chi connectivity index (χ1n) is 12.8. The van der Waals surface area contributed by atoms with Crippen LogP contribution in [-0.4, -0.2) is 41.8 Å². The van der Waals surface area contributed by atoms with Crippen LogP contribution >= 0.6 is 34.5 Å². The van der Waals surface area contributed by atoms with Gasteiger partial charge in [0.05, 0.1) is 21.8 Å². The van der Waals surface area contributed by atoms with Gasteiger partial charge in [-0.15, -0.1) is 11.3 Å². The minimum atomic E-state index is -1.11. The number of rotatable bonds is 14. The Labute approximate surface area is 246 Å². The van der Waals surface area contributed by atoms with Crippen molar-refractivity contribution < 1.29 is 28.6 Å². The average molecular weight is 610 g/mol. The van der Waals surface area contributed by atoms with Crippen LogP contribution in [0.4, 0.5) is 9.52 Å². The number of nitrogens with zero attached hydrogens (tertiary/aromatic N) is 1. The summed E-state index contributed by atoms with van der Waals surface area (Å²) in [5.74, 6) is -2.04. The summed E-state index contributed by atoms with van der Waals surface area (Å²) in [5, 5.41) is 14.0. The van der Waals surface area contributed by atoms with E-state index in [1.54, 1.807) is 23.6 Å². The molecule has 1 amide bonds. The molecule has 0 aliphatic carbocycles. The van der Waals surface area contributed by atoms with Crippen molar-refractivity contribution in [3.63, 3.8) is 0 Å². The Bertz CT molecular complexity index is 1360. The highest BCUT2D eigenvalue weighted by Crippen LogP contribution is 2.33. The van der Waals surface area contributed by atoms with Gasteiger partial charge in [0, 0.05) is 53.0 Å². The number of nitrogens with one attached hydrogen (secondary N) is 1. The number of benzene rings is 2. The van der Waals surface area contributed by atoms with E-state index in [2.05, 4.69) is 10.3 Å². The molecule has 0 fully saturated rings. The van der Waals surface area contributed by atoms with Gasteiger partial charge in [0.2, 0.25) is 0 Å². The molecule has 1 atom stereocenters. The molecule has 0 radical (unpaired) electrons. The van der Waals surface area contributed by atoms with Crippen molar-refractivity contribution in [1.29, 1.82) is 0 Å². The van der Waals surface area contributed by atoms with Gasteiger partial charge < -0.3 is 14.6 Å². The third-order valence-electron chi connectivity index (χ3n) is 5.99. The number of thiazole rings is 1. The Morgan fingerprint density at radius 2 is 1.88 bits per heavy atom. The zero-order chi connectivity index (χ0) is 29.2. The number of anilines is 1. The third-order valence-corrected chi connectivity index (χ3v) is 7.38. The van der Waals surface area contributed by atoms with Crippen LogP contribution in [0.1, 0.15) is 67.6 Å². The second-order valence-corrected chi connectivity index (χ2v) is 10.5. The highest BCUT2D eigenvalue weighted by atomic mass is 35.5. The number of ether oxygens (including phenoxy) is 2. The van der Waals surface area contributed by atoms with Gasteiger partial charge >= 0.3 is 5.97 Å². The fourth-order valence-corrected chi connectivity index (χ4v) is 5.16. The summed E-state index contributed by atoms with van der Waals surface area (Å²) in [7, 11) is 0.